The summed E-state index contributed by atoms with van der Waals surface area (Å²) in [6.45, 7) is 3.51. The Morgan fingerprint density at radius 3 is 2.40 bits per heavy atom. The first-order valence-electron chi connectivity index (χ1n) is 7.89. The molecule has 0 aromatic heterocycles. The fourth-order valence-electron chi connectivity index (χ4n) is 2.26. The third kappa shape index (κ3) is 5.04. The number of hydrogen-bond donors (Lipinski definition) is 2. The first kappa shape index (κ1) is 19.0. The SMILES string of the molecule is CCc1ccc(S(=O)(=O)NCC(=O)Nc2cc(C)ccc2OC)cc1. The van der Waals surface area contributed by atoms with Crippen LogP contribution in [0, 0.1) is 6.92 Å². The summed E-state index contributed by atoms with van der Waals surface area (Å²) in [5.41, 5.74) is 2.50. The Hall–Kier alpha value is -2.38. The molecule has 0 radical (unpaired) electrons. The summed E-state index contributed by atoms with van der Waals surface area (Å²) < 4.78 is 32.0. The Bertz CT molecular complexity index is 846. The molecule has 0 saturated heterocycles. The molecule has 25 heavy (non-hydrogen) atoms. The van der Waals surface area contributed by atoms with Gasteiger partial charge >= 0.3 is 0 Å². The standard InChI is InChI=1S/C18H22N2O4S/c1-4-14-6-8-15(9-7-14)25(22,23)19-12-18(21)20-16-11-13(2)5-10-17(16)24-3/h5-11,19H,4,12H2,1-3H3,(H,20,21). The highest BCUT2D eigenvalue weighted by atomic mass is 32.2. The van der Waals surface area contributed by atoms with Crippen molar-refractivity contribution in [2.75, 3.05) is 19.0 Å². The number of anilines is 1. The third-order valence-corrected chi connectivity index (χ3v) is 5.11. The fourth-order valence-corrected chi connectivity index (χ4v) is 3.24. The first-order valence-corrected chi connectivity index (χ1v) is 9.37. The molecule has 0 saturated carbocycles. The van der Waals surface area contributed by atoms with E-state index in [2.05, 4.69) is 10.0 Å². The summed E-state index contributed by atoms with van der Waals surface area (Å²) in [5.74, 6) is 0.0367. The van der Waals surface area contributed by atoms with Crippen LogP contribution in [0.15, 0.2) is 47.4 Å². The van der Waals surface area contributed by atoms with Gasteiger partial charge in [-0.3, -0.25) is 4.79 Å². The lowest BCUT2D eigenvalue weighted by Gasteiger charge is -2.12. The number of sulfonamides is 1. The Balaban J connectivity index is 2.02. The van der Waals surface area contributed by atoms with Crippen LogP contribution in [0.5, 0.6) is 5.75 Å². The van der Waals surface area contributed by atoms with Gasteiger partial charge in [-0.1, -0.05) is 25.1 Å². The highest BCUT2D eigenvalue weighted by molar-refractivity contribution is 7.89. The van der Waals surface area contributed by atoms with Crippen LogP contribution in [0.3, 0.4) is 0 Å². The van der Waals surface area contributed by atoms with Gasteiger partial charge < -0.3 is 10.1 Å². The molecule has 134 valence electrons. The summed E-state index contributed by atoms with van der Waals surface area (Å²) in [6.07, 6.45) is 0.828. The zero-order valence-electron chi connectivity index (χ0n) is 14.5. The summed E-state index contributed by atoms with van der Waals surface area (Å²) >= 11 is 0. The molecule has 0 fully saturated rings. The van der Waals surface area contributed by atoms with Crippen LogP contribution in [-0.2, 0) is 21.2 Å². The molecule has 0 atom stereocenters. The molecule has 0 unspecified atom stereocenters. The van der Waals surface area contributed by atoms with Crippen molar-refractivity contribution >= 4 is 21.6 Å². The van der Waals surface area contributed by atoms with Gasteiger partial charge in [0.25, 0.3) is 0 Å². The van der Waals surface area contributed by atoms with E-state index in [1.807, 2.05) is 19.9 Å². The van der Waals surface area contributed by atoms with E-state index in [1.54, 1.807) is 24.3 Å². The van der Waals surface area contributed by atoms with Crippen LogP contribution < -0.4 is 14.8 Å². The van der Waals surface area contributed by atoms with Gasteiger partial charge in [0.2, 0.25) is 15.9 Å². The summed E-state index contributed by atoms with van der Waals surface area (Å²) in [4.78, 5) is 12.2. The summed E-state index contributed by atoms with van der Waals surface area (Å²) in [5, 5.41) is 2.65. The van der Waals surface area contributed by atoms with Crippen molar-refractivity contribution in [1.82, 2.24) is 4.72 Å². The number of aryl methyl sites for hydroxylation is 2. The van der Waals surface area contributed by atoms with Gasteiger partial charge in [-0.25, -0.2) is 13.1 Å². The first-order chi connectivity index (χ1) is 11.9. The molecule has 0 aliphatic carbocycles. The van der Waals surface area contributed by atoms with Gasteiger partial charge in [0.1, 0.15) is 5.75 Å². The normalized spacial score (nSPS) is 11.2. The minimum atomic E-state index is -3.74. The average Bonchev–Trinajstić information content (AvgIpc) is 2.60. The Morgan fingerprint density at radius 1 is 1.12 bits per heavy atom. The van der Waals surface area contributed by atoms with Gasteiger partial charge in [0.05, 0.1) is 24.2 Å². The lowest BCUT2D eigenvalue weighted by molar-refractivity contribution is -0.115. The summed E-state index contributed by atoms with van der Waals surface area (Å²) in [6, 6.07) is 11.9. The second-order valence-corrected chi connectivity index (χ2v) is 7.34. The molecule has 2 N–H and O–H groups in total. The van der Waals surface area contributed by atoms with Crippen LogP contribution in [0.2, 0.25) is 0 Å². The number of methoxy groups -OCH3 is 1. The lowest BCUT2D eigenvalue weighted by atomic mass is 10.2. The number of rotatable bonds is 7. The van der Waals surface area contributed by atoms with E-state index in [0.29, 0.717) is 11.4 Å². The number of nitrogens with one attached hydrogen (secondary N) is 2. The molecule has 0 aliphatic heterocycles. The fraction of sp³-hybridized carbons (Fsp3) is 0.278. The number of amides is 1. The summed E-state index contributed by atoms with van der Waals surface area (Å²) in [7, 11) is -2.24. The number of ether oxygens (including phenoxy) is 1. The molecule has 1 amide bonds. The highest BCUT2D eigenvalue weighted by Gasteiger charge is 2.16. The highest BCUT2D eigenvalue weighted by Crippen LogP contribution is 2.25. The molecule has 2 rings (SSSR count). The zero-order chi connectivity index (χ0) is 18.4. The maximum absolute atomic E-state index is 12.3. The van der Waals surface area contributed by atoms with Gasteiger partial charge in [0.15, 0.2) is 0 Å². The van der Waals surface area contributed by atoms with E-state index in [1.165, 1.54) is 19.2 Å². The molecule has 7 heteroatoms. The van der Waals surface area contributed by atoms with E-state index >= 15 is 0 Å². The van der Waals surface area contributed by atoms with Crippen LogP contribution in [0.1, 0.15) is 18.1 Å². The van der Waals surface area contributed by atoms with Crippen LogP contribution in [0.25, 0.3) is 0 Å². The molecular weight excluding hydrogens is 340 g/mol. The van der Waals surface area contributed by atoms with Gasteiger partial charge in [-0.2, -0.15) is 0 Å². The van der Waals surface area contributed by atoms with Crippen molar-refractivity contribution in [1.29, 1.82) is 0 Å². The minimum Gasteiger partial charge on any atom is -0.495 e. The second-order valence-electron chi connectivity index (χ2n) is 5.57. The lowest BCUT2D eigenvalue weighted by Crippen LogP contribution is -2.33. The van der Waals surface area contributed by atoms with E-state index in [4.69, 9.17) is 4.74 Å². The van der Waals surface area contributed by atoms with Crippen molar-refractivity contribution in [2.45, 2.75) is 25.2 Å². The molecule has 0 aliphatic rings. The average molecular weight is 362 g/mol. The zero-order valence-corrected chi connectivity index (χ0v) is 15.3. The minimum absolute atomic E-state index is 0.130. The van der Waals surface area contributed by atoms with Crippen molar-refractivity contribution in [3.8, 4) is 5.75 Å². The van der Waals surface area contributed by atoms with Crippen LogP contribution >= 0.6 is 0 Å². The molecule has 2 aromatic rings. The number of carbonyl (C=O) groups is 1. The quantitative estimate of drug-likeness (QED) is 0.792. The topological polar surface area (TPSA) is 84.5 Å². The van der Waals surface area contributed by atoms with E-state index in [0.717, 1.165) is 17.5 Å². The maximum Gasteiger partial charge on any atom is 0.241 e. The Kier molecular flexibility index (Phi) is 6.17. The Labute approximate surface area is 148 Å². The molecule has 0 heterocycles. The van der Waals surface area contributed by atoms with Crippen LogP contribution in [0.4, 0.5) is 5.69 Å². The molecule has 0 spiro atoms. The second kappa shape index (κ2) is 8.13. The van der Waals surface area contributed by atoms with E-state index in [9.17, 15) is 13.2 Å². The van der Waals surface area contributed by atoms with Crippen molar-refractivity contribution in [3.05, 3.63) is 53.6 Å². The number of hydrogen-bond acceptors (Lipinski definition) is 4. The molecular formula is C18H22N2O4S. The van der Waals surface area contributed by atoms with E-state index < -0.39 is 15.9 Å². The smallest absolute Gasteiger partial charge is 0.241 e. The predicted octanol–water partition coefficient (Wildman–Crippen LogP) is 2.48. The van der Waals surface area contributed by atoms with Crippen molar-refractivity contribution in [2.24, 2.45) is 0 Å². The van der Waals surface area contributed by atoms with Crippen molar-refractivity contribution in [3.63, 3.8) is 0 Å². The number of carbonyl (C=O) groups excluding carboxylic acids is 1. The van der Waals surface area contributed by atoms with Crippen molar-refractivity contribution < 1.29 is 17.9 Å². The maximum atomic E-state index is 12.3. The monoisotopic (exact) mass is 362 g/mol. The Morgan fingerprint density at radius 2 is 1.80 bits per heavy atom. The molecule has 0 bridgehead atoms. The largest absolute Gasteiger partial charge is 0.495 e. The number of benzene rings is 2. The predicted molar refractivity (Wildman–Crippen MR) is 97.4 cm³/mol. The van der Waals surface area contributed by atoms with Gasteiger partial charge in [-0.05, 0) is 48.7 Å². The third-order valence-electron chi connectivity index (χ3n) is 3.69. The van der Waals surface area contributed by atoms with Gasteiger partial charge in [0, 0.05) is 0 Å². The van der Waals surface area contributed by atoms with Crippen LogP contribution in [-0.4, -0.2) is 28.0 Å². The molecule has 6 nitrogen and oxygen atoms in total. The van der Waals surface area contributed by atoms with Gasteiger partial charge in [-0.15, -0.1) is 0 Å². The molecule has 2 aromatic carbocycles. The van der Waals surface area contributed by atoms with E-state index in [-0.39, 0.29) is 11.4 Å².